The van der Waals surface area contributed by atoms with Crippen molar-refractivity contribution in [2.75, 3.05) is 47.5 Å². The van der Waals surface area contributed by atoms with Gasteiger partial charge in [0.2, 0.25) is 0 Å². The number of aliphatic carboxylic acids is 1. The van der Waals surface area contributed by atoms with Crippen LogP contribution in [0.5, 0.6) is 0 Å². The zero-order valence-electron chi connectivity index (χ0n) is 50.7. The summed E-state index contributed by atoms with van der Waals surface area (Å²) in [6.45, 7) is 4.93. The molecule has 0 fully saturated rings. The Bertz CT molecular complexity index is 1240. The van der Waals surface area contributed by atoms with Gasteiger partial charge in [0.25, 0.3) is 6.29 Å². The first-order chi connectivity index (χ1) is 36.6. The Morgan fingerprint density at radius 3 is 0.987 bits per heavy atom. The van der Waals surface area contributed by atoms with Gasteiger partial charge in [0.05, 0.1) is 34.4 Å². The summed E-state index contributed by atoms with van der Waals surface area (Å²) in [5, 5.41) is 9.70. The zero-order chi connectivity index (χ0) is 54.8. The first-order valence-corrected chi connectivity index (χ1v) is 32.9. The van der Waals surface area contributed by atoms with Crippen LogP contribution in [0, 0.1) is 0 Å². The molecule has 0 spiro atoms. The van der Waals surface area contributed by atoms with Gasteiger partial charge in [-0.05, 0) is 38.5 Å². The highest BCUT2D eigenvalue weighted by Gasteiger charge is 2.25. The van der Waals surface area contributed by atoms with Crippen molar-refractivity contribution < 1.29 is 42.9 Å². The maximum absolute atomic E-state index is 12.9. The number of hydrogen-bond donors (Lipinski definition) is 1. The largest absolute Gasteiger partial charge is 0.477 e. The van der Waals surface area contributed by atoms with E-state index in [-0.39, 0.29) is 38.2 Å². The number of hydrogen-bond acceptors (Lipinski definition) is 7. The van der Waals surface area contributed by atoms with Crippen molar-refractivity contribution >= 4 is 17.9 Å². The summed E-state index contributed by atoms with van der Waals surface area (Å²) in [4.78, 5) is 37.4. The van der Waals surface area contributed by atoms with Crippen molar-refractivity contribution in [2.24, 2.45) is 0 Å². The molecule has 0 saturated carbocycles. The van der Waals surface area contributed by atoms with Crippen LogP contribution < -0.4 is 0 Å². The van der Waals surface area contributed by atoms with E-state index in [0.29, 0.717) is 17.4 Å². The molecule has 0 radical (unpaired) electrons. The fraction of sp³-hybridized carbons (Fsp3) is 0.924. The number of carbonyl (C=O) groups excluding carboxylic acids is 2. The number of carboxylic acid groups (broad SMARTS) is 1. The summed E-state index contributed by atoms with van der Waals surface area (Å²) in [5.74, 6) is -1.98. The van der Waals surface area contributed by atoms with Gasteiger partial charge >= 0.3 is 17.9 Å². The highest BCUT2D eigenvalue weighted by molar-refractivity contribution is 5.71. The van der Waals surface area contributed by atoms with Crippen LogP contribution in [-0.2, 0) is 33.3 Å². The summed E-state index contributed by atoms with van der Waals surface area (Å²) in [5.41, 5.74) is 0. The zero-order valence-corrected chi connectivity index (χ0v) is 50.7. The molecule has 9 nitrogen and oxygen atoms in total. The number of quaternary nitrogens is 1. The molecule has 0 bridgehead atoms. The quantitative estimate of drug-likeness (QED) is 0.0211. The SMILES string of the molecule is CCCCCCCCCC/C=C\CCCCCCCCCCCCCCCCCCCCCCCCCCCC(=O)OC(COC(=O)CCCCCCCCCCCCCCC)COC(OCC[N+](C)(C)C)C(=O)O. The Hall–Kier alpha value is -1.97. The molecule has 444 valence electrons. The van der Waals surface area contributed by atoms with Crippen LogP contribution >= 0.6 is 0 Å². The summed E-state index contributed by atoms with van der Waals surface area (Å²) in [6.07, 6.45) is 66.2. The molecular formula is C66H128NO8+. The fourth-order valence-corrected chi connectivity index (χ4v) is 9.95. The van der Waals surface area contributed by atoms with E-state index >= 15 is 0 Å². The highest BCUT2D eigenvalue weighted by Crippen LogP contribution is 2.18. The van der Waals surface area contributed by atoms with Crippen LogP contribution in [0.4, 0.5) is 0 Å². The van der Waals surface area contributed by atoms with E-state index in [1.165, 1.54) is 270 Å². The predicted molar refractivity (Wildman–Crippen MR) is 318 cm³/mol. The number of ether oxygens (including phenoxy) is 4. The highest BCUT2D eigenvalue weighted by atomic mass is 16.7. The van der Waals surface area contributed by atoms with Crippen molar-refractivity contribution in [1.29, 1.82) is 0 Å². The first kappa shape index (κ1) is 73.0. The Morgan fingerprint density at radius 1 is 0.387 bits per heavy atom. The Labute approximate surface area is 465 Å². The molecule has 75 heavy (non-hydrogen) atoms. The van der Waals surface area contributed by atoms with E-state index in [2.05, 4.69) is 26.0 Å². The second-order valence-electron chi connectivity index (χ2n) is 23.8. The van der Waals surface area contributed by atoms with E-state index in [4.69, 9.17) is 18.9 Å². The summed E-state index contributed by atoms with van der Waals surface area (Å²) >= 11 is 0. The van der Waals surface area contributed by atoms with Crippen molar-refractivity contribution in [1.82, 2.24) is 0 Å². The van der Waals surface area contributed by atoms with Gasteiger partial charge in [-0.2, -0.15) is 0 Å². The third kappa shape index (κ3) is 59.5. The van der Waals surface area contributed by atoms with Gasteiger partial charge in [-0.1, -0.05) is 296 Å². The average Bonchev–Trinajstić information content (AvgIpc) is 3.38. The number of carbonyl (C=O) groups is 3. The molecule has 0 aliphatic carbocycles. The van der Waals surface area contributed by atoms with Crippen LogP contribution in [0.15, 0.2) is 12.2 Å². The third-order valence-electron chi connectivity index (χ3n) is 15.0. The lowest BCUT2D eigenvalue weighted by Gasteiger charge is -2.25. The normalized spacial score (nSPS) is 12.7. The molecule has 2 atom stereocenters. The van der Waals surface area contributed by atoms with E-state index in [9.17, 15) is 19.5 Å². The minimum Gasteiger partial charge on any atom is -0.477 e. The fourth-order valence-electron chi connectivity index (χ4n) is 9.95. The second-order valence-corrected chi connectivity index (χ2v) is 23.8. The van der Waals surface area contributed by atoms with Crippen LogP contribution in [0.2, 0.25) is 0 Å². The first-order valence-electron chi connectivity index (χ1n) is 32.9. The number of nitrogens with zero attached hydrogens (tertiary/aromatic N) is 1. The van der Waals surface area contributed by atoms with Gasteiger partial charge in [0.15, 0.2) is 6.10 Å². The standard InChI is InChI=1S/C66H127NO8/c1-6-8-10-12-14-16-18-20-21-22-23-24-25-26-27-28-29-30-31-32-33-34-35-36-37-38-39-40-41-42-43-45-47-49-51-53-55-57-64(69)75-62(61-74-66(65(70)71)72-59-58-67(3,4)5)60-73-63(68)56-54-52-50-48-46-44-19-17-15-13-11-9-7-2/h22-23,62,66H,6-21,24-61H2,1-5H3/p+1/b23-22-. The molecule has 0 heterocycles. The molecule has 9 heteroatoms. The van der Waals surface area contributed by atoms with Gasteiger partial charge in [-0.25, -0.2) is 4.79 Å². The van der Waals surface area contributed by atoms with Crippen LogP contribution in [0.3, 0.4) is 0 Å². The van der Waals surface area contributed by atoms with Gasteiger partial charge in [0.1, 0.15) is 13.2 Å². The molecule has 0 aromatic heterocycles. The Kier molecular flexibility index (Phi) is 56.7. The molecule has 0 aliphatic heterocycles. The maximum Gasteiger partial charge on any atom is 0.361 e. The van der Waals surface area contributed by atoms with Crippen molar-refractivity contribution in [3.8, 4) is 0 Å². The Balaban J connectivity index is 3.92. The summed E-state index contributed by atoms with van der Waals surface area (Å²) in [7, 11) is 5.98. The monoisotopic (exact) mass is 1060 g/mol. The smallest absolute Gasteiger partial charge is 0.361 e. The Morgan fingerprint density at radius 2 is 0.680 bits per heavy atom. The minimum atomic E-state index is -1.50. The van der Waals surface area contributed by atoms with Crippen LogP contribution in [-0.4, -0.2) is 87.4 Å². The van der Waals surface area contributed by atoms with E-state index in [1.807, 2.05) is 21.1 Å². The lowest BCUT2D eigenvalue weighted by atomic mass is 10.0. The maximum atomic E-state index is 12.9. The molecule has 0 aromatic carbocycles. The molecule has 1 N–H and O–H groups in total. The van der Waals surface area contributed by atoms with Crippen molar-refractivity contribution in [2.45, 2.75) is 347 Å². The third-order valence-corrected chi connectivity index (χ3v) is 15.0. The van der Waals surface area contributed by atoms with Gasteiger partial charge in [-0.3, -0.25) is 9.59 Å². The summed E-state index contributed by atoms with van der Waals surface area (Å²) < 4.78 is 22.9. The van der Waals surface area contributed by atoms with Crippen LogP contribution in [0.1, 0.15) is 335 Å². The number of carboxylic acids is 1. The molecule has 0 rings (SSSR count). The number of unbranched alkanes of at least 4 members (excludes halogenated alkanes) is 45. The van der Waals surface area contributed by atoms with Crippen molar-refractivity contribution in [3.05, 3.63) is 12.2 Å². The van der Waals surface area contributed by atoms with Crippen LogP contribution in [0.25, 0.3) is 0 Å². The second kappa shape index (κ2) is 58.2. The number of esters is 2. The molecule has 0 amide bonds. The molecule has 2 unspecified atom stereocenters. The molecular weight excluding hydrogens is 935 g/mol. The lowest BCUT2D eigenvalue weighted by molar-refractivity contribution is -0.870. The van der Waals surface area contributed by atoms with Gasteiger partial charge in [-0.15, -0.1) is 0 Å². The minimum absolute atomic E-state index is 0.174. The average molecular weight is 1060 g/mol. The van der Waals surface area contributed by atoms with E-state index < -0.39 is 18.4 Å². The number of allylic oxidation sites excluding steroid dienone is 2. The molecule has 0 aromatic rings. The van der Waals surface area contributed by atoms with Crippen molar-refractivity contribution in [3.63, 3.8) is 0 Å². The van der Waals surface area contributed by atoms with Gasteiger partial charge in [0, 0.05) is 12.8 Å². The van der Waals surface area contributed by atoms with Gasteiger partial charge < -0.3 is 28.5 Å². The molecule has 0 aliphatic rings. The van der Waals surface area contributed by atoms with E-state index in [1.54, 1.807) is 0 Å². The summed E-state index contributed by atoms with van der Waals surface area (Å²) in [6, 6.07) is 0. The molecule has 0 saturated heterocycles. The number of likely N-dealkylation sites (N-methyl/N-ethyl adjacent to an activating group) is 1. The topological polar surface area (TPSA) is 108 Å². The predicted octanol–water partition coefficient (Wildman–Crippen LogP) is 19.7. The number of rotatable bonds is 62. The lowest BCUT2D eigenvalue weighted by Crippen LogP contribution is -2.40. The van der Waals surface area contributed by atoms with E-state index in [0.717, 1.165) is 38.5 Å².